The highest BCUT2D eigenvalue weighted by Crippen LogP contribution is 2.32. The Morgan fingerprint density at radius 2 is 1.89 bits per heavy atom. The summed E-state index contributed by atoms with van der Waals surface area (Å²) in [5, 5.41) is 5.43. The number of hydrogen-bond acceptors (Lipinski definition) is 5. The SMILES string of the molecule is C#CCCCCCCNc1cccc2c1C(=O)N(C1CCC(=O)NC1=O)C2=O. The van der Waals surface area contributed by atoms with Crippen LogP contribution in [0.25, 0.3) is 0 Å². The molecule has 1 unspecified atom stereocenters. The molecule has 1 saturated heterocycles. The van der Waals surface area contributed by atoms with E-state index in [1.807, 2.05) is 0 Å². The van der Waals surface area contributed by atoms with E-state index < -0.39 is 23.8 Å². The summed E-state index contributed by atoms with van der Waals surface area (Å²) in [6, 6.07) is 4.12. The first-order valence-electron chi connectivity index (χ1n) is 9.56. The summed E-state index contributed by atoms with van der Waals surface area (Å²) >= 11 is 0. The number of anilines is 1. The molecule has 2 heterocycles. The molecule has 1 fully saturated rings. The van der Waals surface area contributed by atoms with Gasteiger partial charge in [0.15, 0.2) is 0 Å². The van der Waals surface area contributed by atoms with Crippen LogP contribution in [0.5, 0.6) is 0 Å². The summed E-state index contributed by atoms with van der Waals surface area (Å²) in [7, 11) is 0. The maximum atomic E-state index is 12.9. The van der Waals surface area contributed by atoms with Crippen molar-refractivity contribution >= 4 is 29.3 Å². The van der Waals surface area contributed by atoms with Crippen LogP contribution in [0, 0.1) is 12.3 Å². The summed E-state index contributed by atoms with van der Waals surface area (Å²) in [4.78, 5) is 50.2. The van der Waals surface area contributed by atoms with E-state index >= 15 is 0 Å². The highest BCUT2D eigenvalue weighted by Gasteiger charge is 2.45. The molecule has 7 heteroatoms. The second-order valence-electron chi connectivity index (χ2n) is 6.97. The monoisotopic (exact) mass is 381 g/mol. The molecule has 0 aliphatic carbocycles. The fourth-order valence-corrected chi connectivity index (χ4v) is 3.59. The van der Waals surface area contributed by atoms with Crippen LogP contribution in [0.2, 0.25) is 0 Å². The van der Waals surface area contributed by atoms with Gasteiger partial charge in [0.2, 0.25) is 11.8 Å². The lowest BCUT2D eigenvalue weighted by molar-refractivity contribution is -0.136. The molecule has 3 rings (SSSR count). The fraction of sp³-hybridized carbons (Fsp3) is 0.429. The zero-order valence-corrected chi connectivity index (χ0v) is 15.6. The third-order valence-electron chi connectivity index (χ3n) is 5.03. The van der Waals surface area contributed by atoms with Crippen molar-refractivity contribution in [3.05, 3.63) is 29.3 Å². The topological polar surface area (TPSA) is 95.6 Å². The number of hydrogen-bond donors (Lipinski definition) is 2. The maximum Gasteiger partial charge on any atom is 0.264 e. The molecule has 7 nitrogen and oxygen atoms in total. The van der Waals surface area contributed by atoms with Crippen LogP contribution < -0.4 is 10.6 Å². The van der Waals surface area contributed by atoms with Gasteiger partial charge in [0.1, 0.15) is 6.04 Å². The zero-order chi connectivity index (χ0) is 20.1. The molecule has 2 N–H and O–H groups in total. The molecule has 4 amide bonds. The Kier molecular flexibility index (Phi) is 6.09. The Labute approximate surface area is 163 Å². The molecular formula is C21H23N3O4. The molecule has 2 aliphatic rings. The first-order valence-corrected chi connectivity index (χ1v) is 9.56. The van der Waals surface area contributed by atoms with Gasteiger partial charge >= 0.3 is 0 Å². The van der Waals surface area contributed by atoms with Crippen molar-refractivity contribution in [3.63, 3.8) is 0 Å². The van der Waals surface area contributed by atoms with Gasteiger partial charge in [-0.2, -0.15) is 0 Å². The number of unbranched alkanes of at least 4 members (excludes halogenated alkanes) is 4. The predicted octanol–water partition coefficient (Wildman–Crippen LogP) is 2.08. The van der Waals surface area contributed by atoms with E-state index in [4.69, 9.17) is 6.42 Å². The molecule has 0 aromatic heterocycles. The van der Waals surface area contributed by atoms with Gasteiger partial charge in [0.25, 0.3) is 11.8 Å². The number of benzene rings is 1. The van der Waals surface area contributed by atoms with Gasteiger partial charge in [-0.15, -0.1) is 12.3 Å². The van der Waals surface area contributed by atoms with Gasteiger partial charge in [-0.3, -0.25) is 29.4 Å². The van der Waals surface area contributed by atoms with E-state index in [-0.39, 0.29) is 24.3 Å². The van der Waals surface area contributed by atoms with Crippen molar-refractivity contribution in [3.8, 4) is 12.3 Å². The Hall–Kier alpha value is -3.14. The van der Waals surface area contributed by atoms with E-state index in [9.17, 15) is 19.2 Å². The molecule has 1 aromatic carbocycles. The fourth-order valence-electron chi connectivity index (χ4n) is 3.59. The van der Waals surface area contributed by atoms with Crippen LogP contribution in [-0.4, -0.2) is 41.1 Å². The Morgan fingerprint density at radius 1 is 1.11 bits per heavy atom. The molecule has 1 aromatic rings. The smallest absolute Gasteiger partial charge is 0.264 e. The van der Waals surface area contributed by atoms with Crippen molar-refractivity contribution in [2.75, 3.05) is 11.9 Å². The average molecular weight is 381 g/mol. The van der Waals surface area contributed by atoms with Crippen LogP contribution in [0.4, 0.5) is 5.69 Å². The Balaban J connectivity index is 1.67. The van der Waals surface area contributed by atoms with E-state index in [0.29, 0.717) is 17.8 Å². The van der Waals surface area contributed by atoms with E-state index in [0.717, 1.165) is 37.0 Å². The van der Waals surface area contributed by atoms with Crippen LogP contribution in [-0.2, 0) is 9.59 Å². The molecule has 0 saturated carbocycles. The number of terminal acetylenes is 1. The molecule has 0 bridgehead atoms. The summed E-state index contributed by atoms with van der Waals surface area (Å²) < 4.78 is 0. The highest BCUT2D eigenvalue weighted by molar-refractivity contribution is 6.25. The number of nitrogens with one attached hydrogen (secondary N) is 2. The molecular weight excluding hydrogens is 358 g/mol. The minimum atomic E-state index is -0.950. The van der Waals surface area contributed by atoms with Crippen LogP contribution >= 0.6 is 0 Å². The summed E-state index contributed by atoms with van der Waals surface area (Å²) in [5.74, 6) is 0.644. The first kappa shape index (κ1) is 19.6. The molecule has 1 atom stereocenters. The van der Waals surface area contributed by atoms with Crippen LogP contribution in [0.15, 0.2) is 18.2 Å². The summed E-state index contributed by atoms with van der Waals surface area (Å²) in [5.41, 5.74) is 1.17. The van der Waals surface area contributed by atoms with Crippen LogP contribution in [0.1, 0.15) is 65.7 Å². The third-order valence-corrected chi connectivity index (χ3v) is 5.03. The first-order chi connectivity index (χ1) is 13.5. The van der Waals surface area contributed by atoms with E-state index in [2.05, 4.69) is 16.6 Å². The van der Waals surface area contributed by atoms with E-state index in [1.165, 1.54) is 0 Å². The zero-order valence-electron chi connectivity index (χ0n) is 15.6. The van der Waals surface area contributed by atoms with E-state index in [1.54, 1.807) is 18.2 Å². The van der Waals surface area contributed by atoms with Crippen molar-refractivity contribution in [1.29, 1.82) is 0 Å². The lowest BCUT2D eigenvalue weighted by Gasteiger charge is -2.27. The molecule has 146 valence electrons. The van der Waals surface area contributed by atoms with Gasteiger partial charge in [-0.25, -0.2) is 0 Å². The largest absolute Gasteiger partial charge is 0.384 e. The molecule has 0 radical (unpaired) electrons. The lowest BCUT2D eigenvalue weighted by Crippen LogP contribution is -2.54. The minimum Gasteiger partial charge on any atom is -0.384 e. The maximum absolute atomic E-state index is 12.9. The van der Waals surface area contributed by atoms with Gasteiger partial charge in [-0.1, -0.05) is 18.9 Å². The number of imide groups is 2. The van der Waals surface area contributed by atoms with Crippen molar-refractivity contribution in [2.24, 2.45) is 0 Å². The number of nitrogens with zero attached hydrogens (tertiary/aromatic N) is 1. The van der Waals surface area contributed by atoms with Gasteiger partial charge in [0.05, 0.1) is 11.1 Å². The average Bonchev–Trinajstić information content (AvgIpc) is 2.93. The number of fused-ring (bicyclic) bond motifs is 1. The predicted molar refractivity (Wildman–Crippen MR) is 104 cm³/mol. The van der Waals surface area contributed by atoms with Gasteiger partial charge in [0, 0.05) is 25.1 Å². The molecule has 0 spiro atoms. The van der Waals surface area contributed by atoms with Crippen molar-refractivity contribution in [1.82, 2.24) is 10.2 Å². The van der Waals surface area contributed by atoms with Crippen LogP contribution in [0.3, 0.4) is 0 Å². The minimum absolute atomic E-state index is 0.106. The number of piperidine rings is 1. The third kappa shape index (κ3) is 3.91. The van der Waals surface area contributed by atoms with Crippen molar-refractivity contribution < 1.29 is 19.2 Å². The molecule has 2 aliphatic heterocycles. The van der Waals surface area contributed by atoms with Gasteiger partial charge in [-0.05, 0) is 31.4 Å². The number of carbonyl (C=O) groups excluding carboxylic acids is 4. The van der Waals surface area contributed by atoms with Crippen molar-refractivity contribution in [2.45, 2.75) is 51.0 Å². The summed E-state index contributed by atoms with van der Waals surface area (Å²) in [6.45, 7) is 0.673. The number of carbonyl (C=O) groups is 4. The number of rotatable bonds is 8. The second-order valence-corrected chi connectivity index (χ2v) is 6.97. The standard InChI is InChI=1S/C21H23N3O4/c1-2-3-4-5-6-7-13-22-15-10-8-9-14-18(15)21(28)24(20(14)27)16-11-12-17(25)23-19(16)26/h1,8-10,16,22H,3-7,11-13H2,(H,23,25,26). The number of amides is 4. The highest BCUT2D eigenvalue weighted by atomic mass is 16.2. The second kappa shape index (κ2) is 8.70. The quantitative estimate of drug-likeness (QED) is 0.408. The molecule has 28 heavy (non-hydrogen) atoms. The normalized spacial score (nSPS) is 18.7. The Morgan fingerprint density at radius 3 is 2.64 bits per heavy atom. The Bertz CT molecular complexity index is 856. The summed E-state index contributed by atoms with van der Waals surface area (Å²) in [6.07, 6.45) is 10.3. The lowest BCUT2D eigenvalue weighted by atomic mass is 10.0. The van der Waals surface area contributed by atoms with Gasteiger partial charge < -0.3 is 5.32 Å².